The van der Waals surface area contributed by atoms with Crippen molar-refractivity contribution in [1.82, 2.24) is 5.43 Å². The normalized spacial score (nSPS) is 12.3. The first-order chi connectivity index (χ1) is 14.8. The lowest BCUT2D eigenvalue weighted by Gasteiger charge is -2.20. The third kappa shape index (κ3) is 9.98. The minimum Gasteiger partial charge on any atom is -0.321 e. The summed E-state index contributed by atoms with van der Waals surface area (Å²) in [7, 11) is 0. The van der Waals surface area contributed by atoms with Crippen LogP contribution in [0.3, 0.4) is 0 Å². The van der Waals surface area contributed by atoms with Crippen LogP contribution in [0.4, 0.5) is 5.69 Å². The molecule has 0 aromatic heterocycles. The van der Waals surface area contributed by atoms with Crippen LogP contribution in [-0.4, -0.2) is 6.04 Å². The second-order valence-corrected chi connectivity index (χ2v) is 8.96. The Morgan fingerprint density at radius 3 is 1.87 bits per heavy atom. The van der Waals surface area contributed by atoms with E-state index in [1.54, 1.807) is 0 Å². The number of nitrogens with one attached hydrogen (secondary N) is 2. The molecule has 0 amide bonds. The van der Waals surface area contributed by atoms with Crippen molar-refractivity contribution < 1.29 is 0 Å². The van der Waals surface area contributed by atoms with E-state index < -0.39 is 0 Å². The Kier molecular flexibility index (Phi) is 13.3. The fraction of sp³-hybridized carbons (Fsp3) is 0.643. The Hall–Kier alpha value is -1.54. The molecule has 0 aliphatic carbocycles. The number of rotatable bonds is 18. The molecule has 0 radical (unpaired) electrons. The van der Waals surface area contributed by atoms with E-state index in [4.69, 9.17) is 0 Å². The van der Waals surface area contributed by atoms with Gasteiger partial charge in [0.15, 0.2) is 0 Å². The molecule has 0 bridgehead atoms. The van der Waals surface area contributed by atoms with Crippen LogP contribution >= 0.6 is 0 Å². The monoisotopic (exact) mass is 410 g/mol. The van der Waals surface area contributed by atoms with Gasteiger partial charge in [0, 0.05) is 11.4 Å². The van der Waals surface area contributed by atoms with Crippen molar-refractivity contribution in [3.63, 3.8) is 0 Å². The quantitative estimate of drug-likeness (QED) is 0.189. The maximum atomic E-state index is 3.62. The zero-order chi connectivity index (χ0) is 21.3. The first-order valence-corrected chi connectivity index (χ1v) is 12.8. The Bertz CT molecular complexity index is 661. The van der Waals surface area contributed by atoms with Gasteiger partial charge in [-0.1, -0.05) is 134 Å². The van der Waals surface area contributed by atoms with Gasteiger partial charge >= 0.3 is 0 Å². The largest absolute Gasteiger partial charge is 0.321 e. The van der Waals surface area contributed by atoms with Crippen LogP contribution in [0.2, 0.25) is 0 Å². The van der Waals surface area contributed by atoms with E-state index in [1.165, 1.54) is 113 Å². The summed E-state index contributed by atoms with van der Waals surface area (Å²) in [5.41, 5.74) is 8.32. The molecule has 2 rings (SSSR count). The van der Waals surface area contributed by atoms with Crippen molar-refractivity contribution in [2.24, 2.45) is 0 Å². The highest BCUT2D eigenvalue weighted by Crippen LogP contribution is 2.22. The molecule has 2 nitrogen and oxygen atoms in total. The van der Waals surface area contributed by atoms with Crippen molar-refractivity contribution >= 4 is 16.5 Å². The predicted octanol–water partition coefficient (Wildman–Crippen LogP) is 9.02. The average Bonchev–Trinajstić information content (AvgIpc) is 2.78. The minimum atomic E-state index is 0.553. The highest BCUT2D eigenvalue weighted by Gasteiger charge is 2.08. The van der Waals surface area contributed by atoms with Crippen LogP contribution in [0.5, 0.6) is 0 Å². The van der Waals surface area contributed by atoms with Crippen molar-refractivity contribution in [2.45, 2.75) is 116 Å². The fourth-order valence-corrected chi connectivity index (χ4v) is 4.38. The van der Waals surface area contributed by atoms with Gasteiger partial charge in [-0.3, -0.25) is 0 Å². The van der Waals surface area contributed by atoms with Crippen LogP contribution < -0.4 is 10.9 Å². The molecule has 0 spiro atoms. The Labute approximate surface area is 186 Å². The molecule has 0 heterocycles. The highest BCUT2D eigenvalue weighted by atomic mass is 15.4. The first-order valence-electron chi connectivity index (χ1n) is 12.8. The molecule has 2 N–H and O–H groups in total. The van der Waals surface area contributed by atoms with Crippen molar-refractivity contribution in [3.05, 3.63) is 42.5 Å². The molecular weight excluding hydrogens is 364 g/mol. The van der Waals surface area contributed by atoms with Crippen LogP contribution in [-0.2, 0) is 0 Å². The number of hydrogen-bond donors (Lipinski definition) is 2. The molecule has 2 aromatic carbocycles. The summed E-state index contributed by atoms with van der Waals surface area (Å²) >= 11 is 0. The topological polar surface area (TPSA) is 24.1 Å². The van der Waals surface area contributed by atoms with E-state index in [2.05, 4.69) is 67.2 Å². The van der Waals surface area contributed by atoms with Gasteiger partial charge in [-0.2, -0.15) is 0 Å². The standard InChI is InChI=1S/C28H46N2/c1-3-5-6-7-8-9-10-11-12-13-14-15-22-26(19-4-2)29-30-28-24-18-21-25-20-16-17-23-27(25)28/h16-18,20-21,23-24,26,29-30H,3-15,19,22H2,1-2H3. The summed E-state index contributed by atoms with van der Waals surface area (Å²) in [6.45, 7) is 4.58. The molecule has 0 aliphatic rings. The zero-order valence-corrected chi connectivity index (χ0v) is 19.7. The van der Waals surface area contributed by atoms with Gasteiger partial charge in [-0.15, -0.1) is 0 Å². The Morgan fingerprint density at radius 2 is 1.20 bits per heavy atom. The van der Waals surface area contributed by atoms with E-state index in [1.807, 2.05) is 0 Å². The van der Waals surface area contributed by atoms with Crippen molar-refractivity contribution in [1.29, 1.82) is 0 Å². The zero-order valence-electron chi connectivity index (χ0n) is 19.7. The molecule has 30 heavy (non-hydrogen) atoms. The Balaban J connectivity index is 1.56. The molecule has 2 aromatic rings. The molecule has 168 valence electrons. The van der Waals surface area contributed by atoms with Gasteiger partial charge in [-0.05, 0) is 24.3 Å². The molecule has 1 atom stereocenters. The maximum absolute atomic E-state index is 3.62. The summed E-state index contributed by atoms with van der Waals surface area (Å²) in [6, 6.07) is 15.6. The summed E-state index contributed by atoms with van der Waals surface area (Å²) in [6.07, 6.45) is 20.7. The van der Waals surface area contributed by atoms with Crippen molar-refractivity contribution in [2.75, 3.05) is 5.43 Å². The molecule has 1 unspecified atom stereocenters. The summed E-state index contributed by atoms with van der Waals surface area (Å²) in [5.74, 6) is 0. The van der Waals surface area contributed by atoms with E-state index in [-0.39, 0.29) is 0 Å². The number of anilines is 1. The van der Waals surface area contributed by atoms with Gasteiger partial charge in [0.25, 0.3) is 0 Å². The average molecular weight is 411 g/mol. The van der Waals surface area contributed by atoms with Gasteiger partial charge in [0.1, 0.15) is 0 Å². The number of fused-ring (bicyclic) bond motifs is 1. The molecule has 0 saturated carbocycles. The van der Waals surface area contributed by atoms with Gasteiger partial charge in [0.2, 0.25) is 0 Å². The van der Waals surface area contributed by atoms with E-state index in [0.717, 1.165) is 0 Å². The van der Waals surface area contributed by atoms with Gasteiger partial charge in [0.05, 0.1) is 5.69 Å². The van der Waals surface area contributed by atoms with E-state index in [9.17, 15) is 0 Å². The second kappa shape index (κ2) is 16.2. The second-order valence-electron chi connectivity index (χ2n) is 8.96. The SMILES string of the molecule is CCCCCCCCCCCCCCC(CCC)NNc1cccc2ccccc12. The van der Waals surface area contributed by atoms with E-state index in [0.29, 0.717) is 6.04 Å². The molecule has 0 aliphatic heterocycles. The highest BCUT2D eigenvalue weighted by molar-refractivity contribution is 5.93. The first kappa shape index (κ1) is 24.7. The molecule has 2 heteroatoms. The van der Waals surface area contributed by atoms with E-state index >= 15 is 0 Å². The maximum Gasteiger partial charge on any atom is 0.0566 e. The summed E-state index contributed by atoms with van der Waals surface area (Å²) in [4.78, 5) is 0. The van der Waals surface area contributed by atoms with Crippen LogP contribution in [0.1, 0.15) is 110 Å². The predicted molar refractivity (Wildman–Crippen MR) is 135 cm³/mol. The lowest BCUT2D eigenvalue weighted by Crippen LogP contribution is -2.34. The third-order valence-corrected chi connectivity index (χ3v) is 6.24. The van der Waals surface area contributed by atoms with Gasteiger partial charge in [-0.25, -0.2) is 5.43 Å². The minimum absolute atomic E-state index is 0.553. The van der Waals surface area contributed by atoms with Crippen LogP contribution in [0, 0.1) is 0 Å². The third-order valence-electron chi connectivity index (χ3n) is 6.24. The lowest BCUT2D eigenvalue weighted by atomic mass is 10.0. The number of benzene rings is 2. The Morgan fingerprint density at radius 1 is 0.600 bits per heavy atom. The number of hydrazine groups is 1. The fourth-order valence-electron chi connectivity index (χ4n) is 4.38. The number of hydrogen-bond acceptors (Lipinski definition) is 2. The van der Waals surface area contributed by atoms with Crippen LogP contribution in [0.25, 0.3) is 10.8 Å². The summed E-state index contributed by atoms with van der Waals surface area (Å²) in [5, 5.41) is 2.57. The molecular formula is C28H46N2. The van der Waals surface area contributed by atoms with Crippen molar-refractivity contribution in [3.8, 4) is 0 Å². The van der Waals surface area contributed by atoms with Gasteiger partial charge < -0.3 is 5.43 Å². The summed E-state index contributed by atoms with van der Waals surface area (Å²) < 4.78 is 0. The molecule has 0 fully saturated rings. The van der Waals surface area contributed by atoms with Crippen LogP contribution in [0.15, 0.2) is 42.5 Å². The lowest BCUT2D eigenvalue weighted by molar-refractivity contribution is 0.450. The number of unbranched alkanes of at least 4 members (excludes halogenated alkanes) is 11. The molecule has 0 saturated heterocycles. The smallest absolute Gasteiger partial charge is 0.0566 e.